The van der Waals surface area contributed by atoms with Gasteiger partial charge in [0.25, 0.3) is 0 Å². The van der Waals surface area contributed by atoms with Crippen LogP contribution in [-0.2, 0) is 9.53 Å². The van der Waals surface area contributed by atoms with E-state index in [-0.39, 0.29) is 30.8 Å². The standard InChI is InChI=1S/C8H16N2O2.2ClH/c1-12-8(11)7-10-5-2-3-9-4-6-10;;/h9H,2-7H2,1H3;2*1H. The molecule has 1 aliphatic rings. The molecule has 0 spiro atoms. The van der Waals surface area contributed by atoms with Crippen LogP contribution < -0.4 is 5.32 Å². The number of carbonyl (C=O) groups excluding carboxylic acids is 1. The van der Waals surface area contributed by atoms with Gasteiger partial charge in [0, 0.05) is 13.1 Å². The van der Waals surface area contributed by atoms with E-state index in [2.05, 4.69) is 15.0 Å². The molecule has 0 aromatic carbocycles. The van der Waals surface area contributed by atoms with Gasteiger partial charge in [-0.1, -0.05) is 0 Å². The number of rotatable bonds is 2. The molecule has 0 aromatic heterocycles. The third-order valence-corrected chi connectivity index (χ3v) is 2.01. The number of hydrogen-bond acceptors (Lipinski definition) is 4. The first-order valence-corrected chi connectivity index (χ1v) is 4.33. The van der Waals surface area contributed by atoms with Gasteiger partial charge in [-0.2, -0.15) is 0 Å². The zero-order chi connectivity index (χ0) is 8.81. The Kier molecular flexibility index (Phi) is 11.2. The Hall–Kier alpha value is -0.0300. The summed E-state index contributed by atoms with van der Waals surface area (Å²) in [5, 5.41) is 3.27. The Labute approximate surface area is 97.2 Å². The van der Waals surface area contributed by atoms with Crippen LogP contribution in [0.1, 0.15) is 6.42 Å². The van der Waals surface area contributed by atoms with Gasteiger partial charge in [-0.3, -0.25) is 9.69 Å². The summed E-state index contributed by atoms with van der Waals surface area (Å²) in [5.41, 5.74) is 0. The quantitative estimate of drug-likeness (QED) is 0.710. The predicted molar refractivity (Wildman–Crippen MR) is 60.4 cm³/mol. The molecule has 0 saturated carbocycles. The number of hydrogen-bond donors (Lipinski definition) is 1. The summed E-state index contributed by atoms with van der Waals surface area (Å²) in [4.78, 5) is 13.0. The van der Waals surface area contributed by atoms with E-state index in [1.54, 1.807) is 0 Å². The summed E-state index contributed by atoms with van der Waals surface area (Å²) in [5.74, 6) is -0.142. The molecule has 1 N–H and O–H groups in total. The van der Waals surface area contributed by atoms with Gasteiger partial charge in [-0.05, 0) is 19.5 Å². The van der Waals surface area contributed by atoms with Crippen LogP contribution >= 0.6 is 24.8 Å². The molecule has 4 nitrogen and oxygen atoms in total. The molecule has 1 rings (SSSR count). The molecule has 0 aliphatic carbocycles. The first kappa shape index (κ1) is 16.4. The monoisotopic (exact) mass is 244 g/mol. The number of methoxy groups -OCH3 is 1. The summed E-state index contributed by atoms with van der Waals surface area (Å²) in [7, 11) is 1.43. The van der Waals surface area contributed by atoms with Crippen LogP contribution in [0.3, 0.4) is 0 Å². The average Bonchev–Trinajstić information content (AvgIpc) is 2.33. The van der Waals surface area contributed by atoms with Crippen molar-refractivity contribution >= 4 is 30.8 Å². The molecule has 6 heteroatoms. The largest absolute Gasteiger partial charge is 0.468 e. The molecule has 0 amide bonds. The third-order valence-electron chi connectivity index (χ3n) is 2.01. The van der Waals surface area contributed by atoms with Crippen molar-refractivity contribution in [1.82, 2.24) is 10.2 Å². The Morgan fingerprint density at radius 2 is 2.07 bits per heavy atom. The summed E-state index contributed by atoms with van der Waals surface area (Å²) in [6.45, 7) is 4.38. The Morgan fingerprint density at radius 3 is 2.71 bits per heavy atom. The summed E-state index contributed by atoms with van der Waals surface area (Å²) < 4.78 is 4.59. The van der Waals surface area contributed by atoms with Crippen LogP contribution in [0.15, 0.2) is 0 Å². The van der Waals surface area contributed by atoms with E-state index in [0.29, 0.717) is 6.54 Å². The zero-order valence-electron chi connectivity index (χ0n) is 8.32. The van der Waals surface area contributed by atoms with Gasteiger partial charge in [0.2, 0.25) is 0 Å². The Morgan fingerprint density at radius 1 is 1.36 bits per heavy atom. The van der Waals surface area contributed by atoms with Crippen molar-refractivity contribution < 1.29 is 9.53 Å². The minimum Gasteiger partial charge on any atom is -0.468 e. The van der Waals surface area contributed by atoms with E-state index < -0.39 is 0 Å². The number of halogens is 2. The topological polar surface area (TPSA) is 41.6 Å². The van der Waals surface area contributed by atoms with Crippen molar-refractivity contribution in [3.05, 3.63) is 0 Å². The second-order valence-electron chi connectivity index (χ2n) is 2.96. The predicted octanol–water partition coefficient (Wildman–Crippen LogP) is 0.298. The minimum absolute atomic E-state index is 0. The lowest BCUT2D eigenvalue weighted by molar-refractivity contribution is -0.141. The van der Waals surface area contributed by atoms with Gasteiger partial charge in [-0.15, -0.1) is 24.8 Å². The fraction of sp³-hybridized carbons (Fsp3) is 0.875. The molecule has 0 radical (unpaired) electrons. The van der Waals surface area contributed by atoms with Crippen LogP contribution in [-0.4, -0.2) is 50.7 Å². The minimum atomic E-state index is -0.142. The van der Waals surface area contributed by atoms with Crippen LogP contribution in [0.25, 0.3) is 0 Å². The molecule has 1 heterocycles. The van der Waals surface area contributed by atoms with Crippen LogP contribution in [0, 0.1) is 0 Å². The number of nitrogens with one attached hydrogen (secondary N) is 1. The summed E-state index contributed by atoms with van der Waals surface area (Å²) in [6.07, 6.45) is 1.11. The van der Waals surface area contributed by atoms with Crippen LogP contribution in [0.2, 0.25) is 0 Å². The summed E-state index contributed by atoms with van der Waals surface area (Å²) in [6, 6.07) is 0. The van der Waals surface area contributed by atoms with E-state index in [1.165, 1.54) is 7.11 Å². The molecule has 0 atom stereocenters. The normalized spacial score (nSPS) is 17.2. The average molecular weight is 245 g/mol. The van der Waals surface area contributed by atoms with Gasteiger partial charge in [0.05, 0.1) is 13.7 Å². The van der Waals surface area contributed by atoms with Crippen LogP contribution in [0.4, 0.5) is 0 Å². The first-order chi connectivity index (χ1) is 5.83. The Bertz CT molecular complexity index is 150. The van der Waals surface area contributed by atoms with Gasteiger partial charge in [-0.25, -0.2) is 0 Å². The van der Waals surface area contributed by atoms with Crippen molar-refractivity contribution in [2.45, 2.75) is 6.42 Å². The molecule has 86 valence electrons. The van der Waals surface area contributed by atoms with Crippen molar-refractivity contribution in [3.8, 4) is 0 Å². The molecule has 1 saturated heterocycles. The highest BCUT2D eigenvalue weighted by molar-refractivity contribution is 5.85. The van der Waals surface area contributed by atoms with E-state index >= 15 is 0 Å². The highest BCUT2D eigenvalue weighted by atomic mass is 35.5. The lowest BCUT2D eigenvalue weighted by atomic mass is 10.4. The smallest absolute Gasteiger partial charge is 0.319 e. The highest BCUT2D eigenvalue weighted by Crippen LogP contribution is 1.94. The molecular weight excluding hydrogens is 227 g/mol. The Balaban J connectivity index is 0. The fourth-order valence-electron chi connectivity index (χ4n) is 1.31. The maximum absolute atomic E-state index is 10.9. The van der Waals surface area contributed by atoms with Crippen molar-refractivity contribution in [2.75, 3.05) is 39.8 Å². The number of esters is 1. The molecule has 0 bridgehead atoms. The molecule has 1 fully saturated rings. The zero-order valence-corrected chi connectivity index (χ0v) is 9.96. The number of carbonyl (C=O) groups is 1. The highest BCUT2D eigenvalue weighted by Gasteiger charge is 2.11. The second-order valence-corrected chi connectivity index (χ2v) is 2.96. The number of nitrogens with zero attached hydrogens (tertiary/aromatic N) is 1. The van der Waals surface area contributed by atoms with Crippen molar-refractivity contribution in [1.29, 1.82) is 0 Å². The lowest BCUT2D eigenvalue weighted by Gasteiger charge is -2.16. The second kappa shape index (κ2) is 9.52. The molecule has 14 heavy (non-hydrogen) atoms. The van der Waals surface area contributed by atoms with E-state index in [1.807, 2.05) is 0 Å². The van der Waals surface area contributed by atoms with Crippen molar-refractivity contribution in [3.63, 3.8) is 0 Å². The fourth-order valence-corrected chi connectivity index (χ4v) is 1.31. The molecule has 0 unspecified atom stereocenters. The maximum Gasteiger partial charge on any atom is 0.319 e. The first-order valence-electron chi connectivity index (χ1n) is 4.33. The van der Waals surface area contributed by atoms with Gasteiger partial charge in [0.15, 0.2) is 0 Å². The van der Waals surface area contributed by atoms with Crippen LogP contribution in [0.5, 0.6) is 0 Å². The maximum atomic E-state index is 10.9. The third kappa shape index (κ3) is 6.43. The lowest BCUT2D eigenvalue weighted by Crippen LogP contribution is -2.33. The SMILES string of the molecule is COC(=O)CN1CCCNCC1.Cl.Cl. The van der Waals surface area contributed by atoms with Gasteiger partial charge >= 0.3 is 5.97 Å². The summed E-state index contributed by atoms with van der Waals surface area (Å²) >= 11 is 0. The molecule has 0 aromatic rings. The van der Waals surface area contributed by atoms with Gasteiger partial charge < -0.3 is 10.1 Å². The van der Waals surface area contributed by atoms with Gasteiger partial charge in [0.1, 0.15) is 0 Å². The van der Waals surface area contributed by atoms with E-state index in [4.69, 9.17) is 0 Å². The molecular formula is C8H18Cl2N2O2. The van der Waals surface area contributed by atoms with Crippen molar-refractivity contribution in [2.24, 2.45) is 0 Å². The molecule has 1 aliphatic heterocycles. The van der Waals surface area contributed by atoms with E-state index in [0.717, 1.165) is 32.6 Å². The number of ether oxygens (including phenoxy) is 1. The van der Waals surface area contributed by atoms with E-state index in [9.17, 15) is 4.79 Å².